The summed E-state index contributed by atoms with van der Waals surface area (Å²) in [5.41, 5.74) is -1.05. The van der Waals surface area contributed by atoms with Crippen LogP contribution in [-0.2, 0) is 25.5 Å². The summed E-state index contributed by atoms with van der Waals surface area (Å²) in [6.07, 6.45) is 3.67. The number of carbonyl (C=O) groups is 3. The van der Waals surface area contributed by atoms with Gasteiger partial charge in [0.25, 0.3) is 0 Å². The second-order valence-corrected chi connectivity index (χ2v) is 9.33. The third-order valence-electron chi connectivity index (χ3n) is 5.34. The molecule has 0 heterocycles. The molecule has 178 valence electrons. The Morgan fingerprint density at radius 3 is 2.31 bits per heavy atom. The number of benzene rings is 1. The molecular weight excluding hydrogens is 412 g/mol. The fraction of sp³-hybridized carbons (Fsp3) is 0.625. The molecule has 1 aromatic rings. The first-order valence-corrected chi connectivity index (χ1v) is 11.3. The Balaban J connectivity index is 2.16. The third kappa shape index (κ3) is 7.73. The van der Waals surface area contributed by atoms with Crippen LogP contribution < -0.4 is 10.6 Å². The summed E-state index contributed by atoms with van der Waals surface area (Å²) >= 11 is 0. The van der Waals surface area contributed by atoms with Crippen molar-refractivity contribution in [1.82, 2.24) is 10.6 Å². The number of phenols is 1. The SMILES string of the molecule is CCCCOC(=O)[C@H](Cc1ccc(O)cc1)NC(=O)C1(NC(=O)OC(C)(C)C)CCCC1. The van der Waals surface area contributed by atoms with Crippen molar-refractivity contribution in [2.45, 2.75) is 89.8 Å². The summed E-state index contributed by atoms with van der Waals surface area (Å²) in [5, 5.41) is 15.1. The standard InChI is InChI=1S/C24H36N2O6/c1-5-6-15-31-20(28)19(16-17-9-11-18(27)12-10-17)25-21(29)24(13-7-8-14-24)26-22(30)32-23(2,3)4/h9-12,19,27H,5-8,13-16H2,1-4H3,(H,25,29)(H,26,30)/t19-/m0/s1. The predicted molar refractivity (Wildman–Crippen MR) is 120 cm³/mol. The topological polar surface area (TPSA) is 114 Å². The highest BCUT2D eigenvalue weighted by molar-refractivity contribution is 5.93. The van der Waals surface area contributed by atoms with Gasteiger partial charge in [0.15, 0.2) is 0 Å². The number of unbranched alkanes of at least 4 members (excludes halogenated alkanes) is 1. The lowest BCUT2D eigenvalue weighted by Crippen LogP contribution is -2.60. The molecule has 0 aromatic heterocycles. The first-order chi connectivity index (χ1) is 15.0. The van der Waals surface area contributed by atoms with Gasteiger partial charge in [-0.15, -0.1) is 0 Å². The van der Waals surface area contributed by atoms with E-state index in [1.54, 1.807) is 32.9 Å². The Kier molecular flexibility index (Phi) is 8.92. The zero-order valence-corrected chi connectivity index (χ0v) is 19.5. The van der Waals surface area contributed by atoms with Gasteiger partial charge in [0.1, 0.15) is 22.9 Å². The maximum atomic E-state index is 13.3. The van der Waals surface area contributed by atoms with E-state index in [1.807, 2.05) is 6.92 Å². The minimum absolute atomic E-state index is 0.117. The van der Waals surface area contributed by atoms with Crippen LogP contribution in [0.4, 0.5) is 4.79 Å². The molecule has 1 aromatic carbocycles. The number of carbonyl (C=O) groups excluding carboxylic acids is 3. The molecule has 3 N–H and O–H groups in total. The van der Waals surface area contributed by atoms with Gasteiger partial charge in [-0.1, -0.05) is 38.3 Å². The Morgan fingerprint density at radius 2 is 1.75 bits per heavy atom. The van der Waals surface area contributed by atoms with E-state index < -0.39 is 35.2 Å². The van der Waals surface area contributed by atoms with Crippen molar-refractivity contribution in [2.75, 3.05) is 6.61 Å². The Bertz CT molecular complexity index is 779. The fourth-order valence-corrected chi connectivity index (χ4v) is 3.66. The summed E-state index contributed by atoms with van der Waals surface area (Å²) in [4.78, 5) is 38.5. The van der Waals surface area contributed by atoms with Crippen LogP contribution in [0.15, 0.2) is 24.3 Å². The second kappa shape index (κ2) is 11.2. The number of hydrogen-bond donors (Lipinski definition) is 3. The average molecular weight is 449 g/mol. The Hall–Kier alpha value is -2.77. The molecule has 8 heteroatoms. The van der Waals surface area contributed by atoms with E-state index >= 15 is 0 Å². The number of nitrogens with one attached hydrogen (secondary N) is 2. The Labute approximate surface area is 190 Å². The number of hydrogen-bond acceptors (Lipinski definition) is 6. The van der Waals surface area contributed by atoms with Crippen molar-refractivity contribution in [3.05, 3.63) is 29.8 Å². The van der Waals surface area contributed by atoms with Crippen LogP contribution >= 0.6 is 0 Å². The molecular formula is C24H36N2O6. The summed E-state index contributed by atoms with van der Waals surface area (Å²) in [6, 6.07) is 5.52. The molecule has 0 aliphatic heterocycles. The van der Waals surface area contributed by atoms with E-state index in [1.165, 1.54) is 12.1 Å². The monoisotopic (exact) mass is 448 g/mol. The third-order valence-corrected chi connectivity index (χ3v) is 5.34. The molecule has 1 fully saturated rings. The fourth-order valence-electron chi connectivity index (χ4n) is 3.66. The van der Waals surface area contributed by atoms with E-state index in [0.717, 1.165) is 31.2 Å². The molecule has 0 spiro atoms. The molecule has 1 aliphatic carbocycles. The molecule has 2 amide bonds. The first-order valence-electron chi connectivity index (χ1n) is 11.3. The molecule has 1 atom stereocenters. The van der Waals surface area contributed by atoms with E-state index in [0.29, 0.717) is 12.8 Å². The molecule has 1 saturated carbocycles. The van der Waals surface area contributed by atoms with Crippen LogP contribution in [0.25, 0.3) is 0 Å². The molecule has 0 radical (unpaired) electrons. The molecule has 2 rings (SSSR count). The highest BCUT2D eigenvalue weighted by atomic mass is 16.6. The van der Waals surface area contributed by atoms with Gasteiger partial charge in [-0.3, -0.25) is 4.79 Å². The number of aromatic hydroxyl groups is 1. The van der Waals surface area contributed by atoms with Crippen molar-refractivity contribution in [2.24, 2.45) is 0 Å². The van der Waals surface area contributed by atoms with E-state index in [-0.39, 0.29) is 18.8 Å². The van der Waals surface area contributed by atoms with Crippen molar-refractivity contribution in [3.63, 3.8) is 0 Å². The van der Waals surface area contributed by atoms with E-state index in [2.05, 4.69) is 10.6 Å². The van der Waals surface area contributed by atoms with Crippen molar-refractivity contribution in [1.29, 1.82) is 0 Å². The van der Waals surface area contributed by atoms with Crippen LogP contribution in [0.1, 0.15) is 71.8 Å². The Morgan fingerprint density at radius 1 is 1.12 bits per heavy atom. The smallest absolute Gasteiger partial charge is 0.408 e. The molecule has 32 heavy (non-hydrogen) atoms. The maximum absolute atomic E-state index is 13.3. The number of phenolic OH excluding ortho intramolecular Hbond substituents is 1. The van der Waals surface area contributed by atoms with E-state index in [4.69, 9.17) is 9.47 Å². The average Bonchev–Trinajstić information content (AvgIpc) is 3.17. The lowest BCUT2D eigenvalue weighted by atomic mass is 9.95. The normalized spacial score (nSPS) is 16.1. The zero-order valence-electron chi connectivity index (χ0n) is 19.5. The lowest BCUT2D eigenvalue weighted by Gasteiger charge is -2.32. The quantitative estimate of drug-likeness (QED) is 0.393. The lowest BCUT2D eigenvalue weighted by molar-refractivity contribution is -0.148. The minimum atomic E-state index is -1.13. The van der Waals surface area contributed by atoms with Crippen LogP contribution in [0.2, 0.25) is 0 Å². The van der Waals surface area contributed by atoms with Crippen LogP contribution in [0, 0.1) is 0 Å². The number of rotatable bonds is 9. The highest BCUT2D eigenvalue weighted by Crippen LogP contribution is 2.30. The summed E-state index contributed by atoms with van der Waals surface area (Å²) in [6.45, 7) is 7.55. The van der Waals surface area contributed by atoms with Gasteiger partial charge in [-0.25, -0.2) is 9.59 Å². The largest absolute Gasteiger partial charge is 0.508 e. The van der Waals surface area contributed by atoms with E-state index in [9.17, 15) is 19.5 Å². The maximum Gasteiger partial charge on any atom is 0.408 e. The van der Waals surface area contributed by atoms with Gasteiger partial charge in [-0.05, 0) is 57.7 Å². The zero-order chi connectivity index (χ0) is 23.8. The number of esters is 1. The van der Waals surface area contributed by atoms with Gasteiger partial charge < -0.3 is 25.2 Å². The second-order valence-electron chi connectivity index (χ2n) is 9.33. The van der Waals surface area contributed by atoms with Gasteiger partial charge in [0, 0.05) is 6.42 Å². The molecule has 0 unspecified atom stereocenters. The van der Waals surface area contributed by atoms with Crippen molar-refractivity contribution in [3.8, 4) is 5.75 Å². The number of alkyl carbamates (subject to hydrolysis) is 1. The van der Waals surface area contributed by atoms with Gasteiger partial charge in [0.05, 0.1) is 6.61 Å². The first kappa shape index (κ1) is 25.5. The molecule has 1 aliphatic rings. The highest BCUT2D eigenvalue weighted by Gasteiger charge is 2.44. The van der Waals surface area contributed by atoms with Gasteiger partial charge >= 0.3 is 12.1 Å². The van der Waals surface area contributed by atoms with Gasteiger partial charge in [-0.2, -0.15) is 0 Å². The molecule has 0 saturated heterocycles. The number of amides is 2. The predicted octanol–water partition coefficient (Wildman–Crippen LogP) is 3.60. The summed E-state index contributed by atoms with van der Waals surface area (Å²) in [7, 11) is 0. The van der Waals surface area contributed by atoms with Crippen LogP contribution in [-0.4, -0.2) is 46.9 Å². The summed E-state index contributed by atoms with van der Waals surface area (Å²) < 4.78 is 10.7. The molecule has 8 nitrogen and oxygen atoms in total. The van der Waals surface area contributed by atoms with Crippen LogP contribution in [0.5, 0.6) is 5.75 Å². The number of ether oxygens (including phenoxy) is 2. The van der Waals surface area contributed by atoms with Crippen LogP contribution in [0.3, 0.4) is 0 Å². The van der Waals surface area contributed by atoms with Crippen molar-refractivity contribution >= 4 is 18.0 Å². The summed E-state index contributed by atoms with van der Waals surface area (Å²) in [5.74, 6) is -0.825. The van der Waals surface area contributed by atoms with Gasteiger partial charge in [0.2, 0.25) is 5.91 Å². The molecule has 0 bridgehead atoms. The van der Waals surface area contributed by atoms with Crippen molar-refractivity contribution < 1.29 is 29.0 Å². The minimum Gasteiger partial charge on any atom is -0.508 e.